The molecule has 0 radical (unpaired) electrons. The van der Waals surface area contributed by atoms with E-state index in [9.17, 15) is 14.7 Å². The first kappa shape index (κ1) is 20.7. The van der Waals surface area contributed by atoms with E-state index in [4.69, 9.17) is 14.2 Å². The number of nitrogens with one attached hydrogen (secondary N) is 2. The van der Waals surface area contributed by atoms with Crippen LogP contribution in [-0.2, 0) is 6.42 Å². The minimum atomic E-state index is -0.718. The van der Waals surface area contributed by atoms with Crippen LogP contribution < -0.4 is 30.4 Å². The quantitative estimate of drug-likeness (QED) is 0.491. The number of aromatic amines is 1. The largest absolute Gasteiger partial charge is 0.494 e. The Morgan fingerprint density at radius 1 is 1.22 bits per heavy atom. The van der Waals surface area contributed by atoms with Crippen molar-refractivity contribution in [1.29, 1.82) is 0 Å². The Balaban J connectivity index is 1.78. The van der Waals surface area contributed by atoms with Gasteiger partial charge in [0.2, 0.25) is 18.4 Å². The van der Waals surface area contributed by atoms with Crippen LogP contribution in [-0.4, -0.2) is 42.2 Å². The summed E-state index contributed by atoms with van der Waals surface area (Å²) in [6.45, 7) is 0.791. The fourth-order valence-corrected chi connectivity index (χ4v) is 4.81. The van der Waals surface area contributed by atoms with Crippen molar-refractivity contribution in [3.8, 4) is 28.8 Å². The molecule has 32 heavy (non-hydrogen) atoms. The molecule has 0 bridgehead atoms. The Morgan fingerprint density at radius 2 is 1.97 bits per heavy atom. The number of ether oxygens (including phenoxy) is 3. The van der Waals surface area contributed by atoms with Crippen molar-refractivity contribution in [2.75, 3.05) is 27.5 Å². The van der Waals surface area contributed by atoms with Gasteiger partial charge in [0.25, 0.3) is 5.56 Å². The number of likely N-dealkylation sites (N-methyl/N-ethyl adjacent to an activating group) is 1. The maximum atomic E-state index is 13.0. The Kier molecular flexibility index (Phi) is 4.98. The number of nitrogens with zero attached hydrogens (tertiary/aromatic N) is 1. The van der Waals surface area contributed by atoms with Gasteiger partial charge in [0.1, 0.15) is 5.56 Å². The number of quaternary nitrogens is 1. The fourth-order valence-electron chi connectivity index (χ4n) is 4.55. The summed E-state index contributed by atoms with van der Waals surface area (Å²) in [4.78, 5) is 29.0. The molecule has 2 aromatic carbocycles. The lowest BCUT2D eigenvalue weighted by Crippen LogP contribution is -3.10. The zero-order chi connectivity index (χ0) is 22.6. The van der Waals surface area contributed by atoms with Gasteiger partial charge in [-0.25, -0.2) is 9.36 Å². The van der Waals surface area contributed by atoms with E-state index in [1.165, 1.54) is 7.11 Å². The van der Waals surface area contributed by atoms with Crippen molar-refractivity contribution in [2.24, 2.45) is 0 Å². The van der Waals surface area contributed by atoms with E-state index in [2.05, 4.69) is 20.9 Å². The summed E-state index contributed by atoms with van der Waals surface area (Å²) in [5, 5.41) is 11.2. The Hall–Kier alpha value is -3.24. The molecule has 2 atom stereocenters. The maximum absolute atomic E-state index is 13.0. The summed E-state index contributed by atoms with van der Waals surface area (Å²) in [6.07, 6.45) is 0.732. The highest BCUT2D eigenvalue weighted by atomic mass is 79.9. The highest BCUT2D eigenvalue weighted by Crippen LogP contribution is 2.48. The zero-order valence-corrected chi connectivity index (χ0v) is 19.0. The fraction of sp³-hybridized carbons (Fsp3) is 0.273. The van der Waals surface area contributed by atoms with Crippen LogP contribution >= 0.6 is 15.9 Å². The number of benzene rings is 2. The molecule has 2 aliphatic rings. The highest BCUT2D eigenvalue weighted by Gasteiger charge is 2.41. The van der Waals surface area contributed by atoms with Crippen molar-refractivity contribution in [3.63, 3.8) is 0 Å². The van der Waals surface area contributed by atoms with Crippen molar-refractivity contribution in [1.82, 2.24) is 9.55 Å². The Labute approximate surface area is 190 Å². The molecule has 0 aliphatic carbocycles. The first-order chi connectivity index (χ1) is 15.4. The molecule has 5 rings (SSSR count). The van der Waals surface area contributed by atoms with Crippen LogP contribution in [0.5, 0.6) is 23.1 Å². The van der Waals surface area contributed by atoms with Gasteiger partial charge in [-0.2, -0.15) is 0 Å². The Bertz CT molecular complexity index is 1330. The van der Waals surface area contributed by atoms with Gasteiger partial charge in [-0.3, -0.25) is 9.78 Å². The summed E-state index contributed by atoms with van der Waals surface area (Å²) in [6, 6.07) is 8.17. The molecule has 0 fully saturated rings. The first-order valence-corrected chi connectivity index (χ1v) is 10.9. The number of H-pyrrole nitrogens is 1. The van der Waals surface area contributed by atoms with Crippen LogP contribution in [0.3, 0.4) is 0 Å². The summed E-state index contributed by atoms with van der Waals surface area (Å²) in [5.41, 5.74) is 0.842. The Morgan fingerprint density at radius 3 is 2.69 bits per heavy atom. The second-order valence-corrected chi connectivity index (χ2v) is 8.72. The molecule has 1 unspecified atom stereocenters. The third-order valence-corrected chi connectivity index (χ3v) is 6.54. The van der Waals surface area contributed by atoms with Crippen molar-refractivity contribution < 1.29 is 24.2 Å². The lowest BCUT2D eigenvalue weighted by atomic mass is 9.87. The van der Waals surface area contributed by atoms with Crippen LogP contribution in [0.2, 0.25) is 0 Å². The van der Waals surface area contributed by atoms with Gasteiger partial charge >= 0.3 is 5.69 Å². The van der Waals surface area contributed by atoms with E-state index < -0.39 is 23.2 Å². The summed E-state index contributed by atoms with van der Waals surface area (Å²) in [7, 11) is 3.47. The smallest absolute Gasteiger partial charge is 0.335 e. The maximum Gasteiger partial charge on any atom is 0.335 e. The predicted molar refractivity (Wildman–Crippen MR) is 118 cm³/mol. The first-order valence-electron chi connectivity index (χ1n) is 10.1. The average Bonchev–Trinajstić information content (AvgIpc) is 3.23. The van der Waals surface area contributed by atoms with Crippen LogP contribution in [0.15, 0.2) is 44.4 Å². The molecule has 3 aromatic rings. The molecule has 3 heterocycles. The van der Waals surface area contributed by atoms with Gasteiger partial charge in [-0.05, 0) is 35.9 Å². The SMILES string of the molecule is COc1c2c(cc3c1[C@H](c1c(O)n(-c4ccc(Br)cc4)c(=O)[nH]c1=O)[NH+](C)CC3)OCO2. The molecule has 1 aromatic heterocycles. The third kappa shape index (κ3) is 3.09. The average molecular weight is 503 g/mol. The molecule has 10 heteroatoms. The van der Waals surface area contributed by atoms with E-state index >= 15 is 0 Å². The molecular weight excluding hydrogens is 482 g/mol. The molecule has 166 valence electrons. The lowest BCUT2D eigenvalue weighted by molar-refractivity contribution is -0.908. The number of fused-ring (bicyclic) bond motifs is 2. The second-order valence-electron chi connectivity index (χ2n) is 7.80. The molecule has 3 N–H and O–H groups in total. The molecule has 0 amide bonds. The standard InChI is InChI=1S/C22H20BrN3O6/c1-25-8-7-11-9-14-18(32-10-31-14)19(30-2)15(11)17(25)16-20(27)24-22(29)26(21(16)28)13-5-3-12(23)4-6-13/h3-6,9,17,28H,7-8,10H2,1-2H3,(H,24,27,29)/p+1/t17-/m1/s1. The molecule has 0 saturated carbocycles. The number of halogens is 1. The normalized spacial score (nSPS) is 19.0. The van der Waals surface area contributed by atoms with Gasteiger partial charge < -0.3 is 24.2 Å². The van der Waals surface area contributed by atoms with Gasteiger partial charge in [0.15, 0.2) is 17.5 Å². The number of rotatable bonds is 3. The number of aromatic nitrogens is 2. The minimum Gasteiger partial charge on any atom is -0.494 e. The van der Waals surface area contributed by atoms with Crippen LogP contribution in [0.1, 0.15) is 22.7 Å². The number of hydrogen-bond donors (Lipinski definition) is 3. The molecule has 0 saturated heterocycles. The summed E-state index contributed by atoms with van der Waals surface area (Å²) < 4.78 is 18.8. The topological polar surface area (TPSA) is 107 Å². The van der Waals surface area contributed by atoms with E-state index in [0.29, 0.717) is 29.5 Å². The van der Waals surface area contributed by atoms with Crippen LogP contribution in [0.25, 0.3) is 5.69 Å². The van der Waals surface area contributed by atoms with Gasteiger partial charge in [0.05, 0.1) is 32.0 Å². The lowest BCUT2D eigenvalue weighted by Gasteiger charge is -2.33. The zero-order valence-electron chi connectivity index (χ0n) is 17.4. The number of aromatic hydroxyl groups is 1. The van der Waals surface area contributed by atoms with E-state index in [1.807, 2.05) is 13.1 Å². The minimum absolute atomic E-state index is 0.0855. The molecule has 0 spiro atoms. The monoisotopic (exact) mass is 502 g/mol. The molecule has 9 nitrogen and oxygen atoms in total. The van der Waals surface area contributed by atoms with Crippen molar-refractivity contribution in [3.05, 3.63) is 72.3 Å². The number of methoxy groups -OCH3 is 1. The van der Waals surface area contributed by atoms with E-state index in [1.54, 1.807) is 24.3 Å². The predicted octanol–water partition coefficient (Wildman–Crippen LogP) is 0.891. The third-order valence-electron chi connectivity index (χ3n) is 6.01. The molecule has 2 aliphatic heterocycles. The number of hydrogen-bond acceptors (Lipinski definition) is 6. The van der Waals surface area contributed by atoms with Gasteiger partial charge in [-0.15, -0.1) is 0 Å². The van der Waals surface area contributed by atoms with Crippen LogP contribution in [0, 0.1) is 0 Å². The van der Waals surface area contributed by atoms with Crippen molar-refractivity contribution in [2.45, 2.75) is 12.5 Å². The highest BCUT2D eigenvalue weighted by molar-refractivity contribution is 9.10. The van der Waals surface area contributed by atoms with E-state index in [-0.39, 0.29) is 12.4 Å². The van der Waals surface area contributed by atoms with Gasteiger partial charge in [0, 0.05) is 10.9 Å². The van der Waals surface area contributed by atoms with Crippen LogP contribution in [0.4, 0.5) is 0 Å². The summed E-state index contributed by atoms with van der Waals surface area (Å²) >= 11 is 3.36. The van der Waals surface area contributed by atoms with Crippen molar-refractivity contribution >= 4 is 15.9 Å². The summed E-state index contributed by atoms with van der Waals surface area (Å²) in [5.74, 6) is 1.14. The molecular formula is C22H21BrN3O6+. The van der Waals surface area contributed by atoms with Gasteiger partial charge in [-0.1, -0.05) is 15.9 Å². The van der Waals surface area contributed by atoms with E-state index in [0.717, 1.165) is 31.5 Å². The second kappa shape index (κ2) is 7.72.